The quantitative estimate of drug-likeness (QED) is 0.787. The molecule has 0 aliphatic heterocycles. The van der Waals surface area contributed by atoms with E-state index < -0.39 is 5.82 Å². The summed E-state index contributed by atoms with van der Waals surface area (Å²) in [6.45, 7) is 5.98. The second-order valence-electron chi connectivity index (χ2n) is 4.70. The third kappa shape index (κ3) is 5.25. The number of carbonyl (C=O) groups excluding carboxylic acids is 1. The van der Waals surface area contributed by atoms with Crippen LogP contribution in [0.25, 0.3) is 0 Å². The summed E-state index contributed by atoms with van der Waals surface area (Å²) >= 11 is 11.1. The summed E-state index contributed by atoms with van der Waals surface area (Å²) in [5, 5.41) is 3.22. The van der Waals surface area contributed by atoms with Crippen molar-refractivity contribution in [3.63, 3.8) is 0 Å². The topological polar surface area (TPSA) is 38.3 Å². The molecule has 0 fully saturated rings. The number of hydrogen-bond acceptors (Lipinski definition) is 3. The Labute approximate surface area is 134 Å². The first-order valence-electron chi connectivity index (χ1n) is 6.83. The lowest BCUT2D eigenvalue weighted by Gasteiger charge is -2.13. The van der Waals surface area contributed by atoms with Crippen molar-refractivity contribution < 1.29 is 13.9 Å². The number of thiocarbonyl (C=S) groups is 1. The van der Waals surface area contributed by atoms with Gasteiger partial charge in [-0.1, -0.05) is 25.4 Å². The second kappa shape index (κ2) is 8.29. The zero-order valence-electron chi connectivity index (χ0n) is 12.3. The van der Waals surface area contributed by atoms with Gasteiger partial charge in [-0.25, -0.2) is 4.39 Å². The summed E-state index contributed by atoms with van der Waals surface area (Å²) in [5.74, 6) is -0.979. The van der Waals surface area contributed by atoms with Crippen molar-refractivity contribution >= 4 is 40.5 Å². The fourth-order valence-electron chi connectivity index (χ4n) is 1.63. The Morgan fingerprint density at radius 3 is 2.71 bits per heavy atom. The van der Waals surface area contributed by atoms with Crippen molar-refractivity contribution in [2.45, 2.75) is 33.6 Å². The number of benzene rings is 1. The van der Waals surface area contributed by atoms with Crippen LogP contribution < -0.4 is 5.32 Å². The number of hydrogen-bond donors (Lipinski definition) is 1. The van der Waals surface area contributed by atoms with E-state index in [1.807, 2.05) is 13.8 Å². The molecule has 1 amide bonds. The van der Waals surface area contributed by atoms with Gasteiger partial charge in [-0.3, -0.25) is 4.79 Å². The third-order valence-corrected chi connectivity index (χ3v) is 3.71. The number of rotatable bonds is 6. The summed E-state index contributed by atoms with van der Waals surface area (Å²) < 4.78 is 19.1. The van der Waals surface area contributed by atoms with Crippen molar-refractivity contribution in [3.05, 3.63) is 28.5 Å². The van der Waals surface area contributed by atoms with Gasteiger partial charge in [0.2, 0.25) is 5.91 Å². The Hall–Kier alpha value is -1.20. The average molecular weight is 332 g/mol. The maximum Gasteiger partial charge on any atom is 0.227 e. The van der Waals surface area contributed by atoms with Crippen molar-refractivity contribution in [1.29, 1.82) is 0 Å². The van der Waals surface area contributed by atoms with Crippen LogP contribution in [-0.2, 0) is 16.0 Å². The Balaban J connectivity index is 2.95. The Kier molecular flexibility index (Phi) is 7.05. The zero-order valence-corrected chi connectivity index (χ0v) is 13.9. The van der Waals surface area contributed by atoms with Gasteiger partial charge < -0.3 is 10.1 Å². The van der Waals surface area contributed by atoms with Gasteiger partial charge in [-0.05, 0) is 43.3 Å². The standard InChI is InChI=1S/C15H19ClFNO2S/c1-4-9(3)15(19)18-13-6-10(7-14(21)20-5-2)11(16)8-12(13)17/h6,8-9H,4-5,7H2,1-3H3,(H,18,19). The van der Waals surface area contributed by atoms with E-state index in [9.17, 15) is 9.18 Å². The Bertz CT molecular complexity index is 537. The SMILES string of the molecule is CCOC(=S)Cc1cc(NC(=O)C(C)CC)c(F)cc1Cl. The van der Waals surface area contributed by atoms with Gasteiger partial charge in [-0.2, -0.15) is 0 Å². The normalized spacial score (nSPS) is 11.9. The van der Waals surface area contributed by atoms with E-state index >= 15 is 0 Å². The molecule has 0 spiro atoms. The number of nitrogens with one attached hydrogen (secondary N) is 1. The van der Waals surface area contributed by atoms with Crippen LogP contribution in [0.15, 0.2) is 12.1 Å². The molecule has 0 bridgehead atoms. The third-order valence-electron chi connectivity index (χ3n) is 3.09. The molecule has 0 heterocycles. The van der Waals surface area contributed by atoms with Crippen LogP contribution >= 0.6 is 23.8 Å². The van der Waals surface area contributed by atoms with Crippen molar-refractivity contribution in [1.82, 2.24) is 0 Å². The lowest BCUT2D eigenvalue weighted by atomic mass is 10.1. The molecule has 3 nitrogen and oxygen atoms in total. The Morgan fingerprint density at radius 2 is 2.14 bits per heavy atom. The highest BCUT2D eigenvalue weighted by Crippen LogP contribution is 2.25. The number of ether oxygens (including phenoxy) is 1. The molecule has 0 saturated heterocycles. The van der Waals surface area contributed by atoms with Gasteiger partial charge >= 0.3 is 0 Å². The molecule has 1 aromatic carbocycles. The van der Waals surface area contributed by atoms with Gasteiger partial charge in [0.1, 0.15) is 5.82 Å². The molecular weight excluding hydrogens is 313 g/mol. The summed E-state index contributed by atoms with van der Waals surface area (Å²) in [5.41, 5.74) is 0.731. The molecule has 1 aromatic rings. The van der Waals surface area contributed by atoms with E-state index in [2.05, 4.69) is 5.32 Å². The van der Waals surface area contributed by atoms with Crippen molar-refractivity contribution in [2.24, 2.45) is 5.92 Å². The highest BCUT2D eigenvalue weighted by Gasteiger charge is 2.15. The first-order valence-corrected chi connectivity index (χ1v) is 7.62. The molecule has 0 aliphatic carbocycles. The highest BCUT2D eigenvalue weighted by atomic mass is 35.5. The molecule has 0 saturated carbocycles. The fraction of sp³-hybridized carbons (Fsp3) is 0.467. The van der Waals surface area contributed by atoms with Gasteiger partial charge in [0.05, 0.1) is 12.3 Å². The molecular formula is C15H19ClFNO2S. The zero-order chi connectivity index (χ0) is 16.0. The van der Waals surface area contributed by atoms with Crippen LogP contribution in [0.5, 0.6) is 0 Å². The van der Waals surface area contributed by atoms with Crippen LogP contribution in [0, 0.1) is 11.7 Å². The van der Waals surface area contributed by atoms with Gasteiger partial charge in [0, 0.05) is 17.4 Å². The van der Waals surface area contributed by atoms with Crippen molar-refractivity contribution in [2.75, 3.05) is 11.9 Å². The van der Waals surface area contributed by atoms with Crippen LogP contribution in [0.4, 0.5) is 10.1 Å². The molecule has 1 rings (SSSR count). The molecule has 6 heteroatoms. The summed E-state index contributed by atoms with van der Waals surface area (Å²) in [7, 11) is 0. The number of halogens is 2. The smallest absolute Gasteiger partial charge is 0.227 e. The minimum Gasteiger partial charge on any atom is -0.487 e. The van der Waals surface area contributed by atoms with Crippen LogP contribution in [0.3, 0.4) is 0 Å². The van der Waals surface area contributed by atoms with E-state index in [0.29, 0.717) is 30.1 Å². The summed E-state index contributed by atoms with van der Waals surface area (Å²) in [4.78, 5) is 11.9. The first-order chi connectivity index (χ1) is 9.88. The predicted octanol–water partition coefficient (Wildman–Crippen LogP) is 4.37. The van der Waals surface area contributed by atoms with Gasteiger partial charge in [0.25, 0.3) is 0 Å². The maximum atomic E-state index is 13.9. The fourth-order valence-corrected chi connectivity index (χ4v) is 2.12. The highest BCUT2D eigenvalue weighted by molar-refractivity contribution is 7.80. The lowest BCUT2D eigenvalue weighted by Crippen LogP contribution is -2.20. The minimum absolute atomic E-state index is 0.110. The molecule has 21 heavy (non-hydrogen) atoms. The van der Waals surface area contributed by atoms with Crippen LogP contribution in [0.2, 0.25) is 5.02 Å². The molecule has 1 atom stereocenters. The first kappa shape index (κ1) is 17.9. The molecule has 0 aromatic heterocycles. The number of amides is 1. The predicted molar refractivity (Wildman–Crippen MR) is 87.4 cm³/mol. The molecule has 116 valence electrons. The summed E-state index contributed by atoms with van der Waals surface area (Å²) in [6.07, 6.45) is 0.983. The average Bonchev–Trinajstić information content (AvgIpc) is 2.43. The molecule has 1 unspecified atom stereocenters. The molecule has 0 aliphatic rings. The van der Waals surface area contributed by atoms with E-state index in [4.69, 9.17) is 28.6 Å². The lowest BCUT2D eigenvalue weighted by molar-refractivity contribution is -0.119. The van der Waals surface area contributed by atoms with E-state index in [0.717, 1.165) is 0 Å². The van der Waals surface area contributed by atoms with E-state index in [1.165, 1.54) is 12.1 Å². The Morgan fingerprint density at radius 1 is 1.48 bits per heavy atom. The molecule has 0 radical (unpaired) electrons. The summed E-state index contributed by atoms with van der Waals surface area (Å²) in [6, 6.07) is 2.68. The van der Waals surface area contributed by atoms with Gasteiger partial charge in [0.15, 0.2) is 5.05 Å². The number of carbonyl (C=O) groups is 1. The monoisotopic (exact) mass is 331 g/mol. The van der Waals surface area contributed by atoms with Crippen LogP contribution in [-0.4, -0.2) is 17.6 Å². The largest absolute Gasteiger partial charge is 0.487 e. The minimum atomic E-state index is -0.567. The molecule has 1 N–H and O–H groups in total. The maximum absolute atomic E-state index is 13.9. The van der Waals surface area contributed by atoms with Crippen LogP contribution in [0.1, 0.15) is 32.8 Å². The van der Waals surface area contributed by atoms with E-state index in [-0.39, 0.29) is 22.5 Å². The van der Waals surface area contributed by atoms with Crippen molar-refractivity contribution in [3.8, 4) is 0 Å². The number of anilines is 1. The van der Waals surface area contributed by atoms with Gasteiger partial charge in [-0.15, -0.1) is 0 Å². The van der Waals surface area contributed by atoms with E-state index in [1.54, 1.807) is 6.92 Å². The second-order valence-corrected chi connectivity index (χ2v) is 5.57.